The molecule has 0 amide bonds. The Bertz CT molecular complexity index is 371. The zero-order valence-electron chi connectivity index (χ0n) is 11.3. The van der Waals surface area contributed by atoms with E-state index in [4.69, 9.17) is 4.74 Å². The van der Waals surface area contributed by atoms with Crippen molar-refractivity contribution in [1.29, 1.82) is 0 Å². The molecular formula is C15H22O2. The van der Waals surface area contributed by atoms with Crippen LogP contribution in [0, 0.1) is 13.8 Å². The fourth-order valence-corrected chi connectivity index (χ4v) is 2.05. The van der Waals surface area contributed by atoms with Gasteiger partial charge in [0.15, 0.2) is 0 Å². The summed E-state index contributed by atoms with van der Waals surface area (Å²) in [6.45, 7) is 8.78. The molecule has 0 N–H and O–H groups in total. The van der Waals surface area contributed by atoms with Crippen LogP contribution in [0.3, 0.4) is 0 Å². The third-order valence-corrected chi connectivity index (χ3v) is 2.88. The van der Waals surface area contributed by atoms with Gasteiger partial charge in [0.2, 0.25) is 0 Å². The molecule has 0 fully saturated rings. The Kier molecular flexibility index (Phi) is 5.20. The van der Waals surface area contributed by atoms with E-state index in [0.717, 1.165) is 28.9 Å². The van der Waals surface area contributed by atoms with Crippen LogP contribution >= 0.6 is 0 Å². The molecule has 0 saturated heterocycles. The summed E-state index contributed by atoms with van der Waals surface area (Å²) in [6, 6.07) is 4.04. The van der Waals surface area contributed by atoms with Crippen LogP contribution in [0.4, 0.5) is 0 Å². The van der Waals surface area contributed by atoms with E-state index in [1.807, 2.05) is 39.8 Å². The van der Waals surface area contributed by atoms with Crippen LogP contribution in [0.5, 0.6) is 5.75 Å². The molecule has 0 aromatic heterocycles. The van der Waals surface area contributed by atoms with Gasteiger partial charge < -0.3 is 4.74 Å². The van der Waals surface area contributed by atoms with E-state index >= 15 is 0 Å². The van der Waals surface area contributed by atoms with Crippen molar-refractivity contribution in [3.63, 3.8) is 0 Å². The van der Waals surface area contributed by atoms with E-state index in [9.17, 15) is 4.79 Å². The minimum absolute atomic E-state index is 0.322. The molecule has 2 heteroatoms. The molecule has 0 radical (unpaired) electrons. The summed E-state index contributed by atoms with van der Waals surface area (Å²) in [5.74, 6) is 1.22. The second kappa shape index (κ2) is 6.43. The fraction of sp³-hybridized carbons (Fsp3) is 0.533. The zero-order chi connectivity index (χ0) is 12.8. The van der Waals surface area contributed by atoms with Gasteiger partial charge in [-0.15, -0.1) is 0 Å². The standard InChI is InChI=1S/C15H22O2/c1-5-7-13(16)10-15-11(3)8-14(17-6-2)9-12(15)4/h8-9H,5-7,10H2,1-4H3. The Balaban J connectivity index is 2.89. The quantitative estimate of drug-likeness (QED) is 0.751. The lowest BCUT2D eigenvalue weighted by Gasteiger charge is -2.12. The van der Waals surface area contributed by atoms with Gasteiger partial charge in [0.05, 0.1) is 6.61 Å². The minimum atomic E-state index is 0.322. The molecule has 0 aliphatic carbocycles. The molecule has 0 unspecified atom stereocenters. The van der Waals surface area contributed by atoms with Gasteiger partial charge >= 0.3 is 0 Å². The lowest BCUT2D eigenvalue weighted by molar-refractivity contribution is -0.118. The number of carbonyl (C=O) groups excluding carboxylic acids is 1. The largest absolute Gasteiger partial charge is 0.494 e. The summed E-state index contributed by atoms with van der Waals surface area (Å²) >= 11 is 0. The van der Waals surface area contributed by atoms with E-state index in [0.29, 0.717) is 25.2 Å². The van der Waals surface area contributed by atoms with Gasteiger partial charge in [0.25, 0.3) is 0 Å². The molecule has 0 spiro atoms. The van der Waals surface area contributed by atoms with Gasteiger partial charge in [0.1, 0.15) is 11.5 Å². The number of ketones is 1. The Morgan fingerprint density at radius 1 is 1.18 bits per heavy atom. The third kappa shape index (κ3) is 3.88. The molecule has 94 valence electrons. The molecule has 0 aliphatic rings. The van der Waals surface area contributed by atoms with Gasteiger partial charge in [-0.3, -0.25) is 4.79 Å². The maximum atomic E-state index is 11.7. The highest BCUT2D eigenvalue weighted by Crippen LogP contribution is 2.23. The molecule has 0 aliphatic heterocycles. The van der Waals surface area contributed by atoms with Crippen molar-refractivity contribution in [1.82, 2.24) is 0 Å². The van der Waals surface area contributed by atoms with Crippen molar-refractivity contribution >= 4 is 5.78 Å². The molecule has 1 aromatic carbocycles. The normalized spacial score (nSPS) is 10.4. The number of rotatable bonds is 6. The highest BCUT2D eigenvalue weighted by atomic mass is 16.5. The first-order chi connectivity index (χ1) is 8.08. The maximum Gasteiger partial charge on any atom is 0.137 e. The highest BCUT2D eigenvalue weighted by Gasteiger charge is 2.09. The van der Waals surface area contributed by atoms with Crippen molar-refractivity contribution in [2.24, 2.45) is 0 Å². The first kappa shape index (κ1) is 13.8. The van der Waals surface area contributed by atoms with E-state index in [2.05, 4.69) is 0 Å². The summed E-state index contributed by atoms with van der Waals surface area (Å²) in [5.41, 5.74) is 3.46. The first-order valence-electron chi connectivity index (χ1n) is 6.33. The van der Waals surface area contributed by atoms with E-state index in [1.165, 1.54) is 0 Å². The van der Waals surface area contributed by atoms with Crippen molar-refractivity contribution in [2.45, 2.75) is 47.0 Å². The molecule has 0 saturated carbocycles. The number of ether oxygens (including phenoxy) is 1. The fourth-order valence-electron chi connectivity index (χ4n) is 2.05. The molecule has 2 nitrogen and oxygen atoms in total. The second-order valence-electron chi connectivity index (χ2n) is 4.43. The van der Waals surface area contributed by atoms with Crippen LogP contribution in [-0.4, -0.2) is 12.4 Å². The minimum Gasteiger partial charge on any atom is -0.494 e. The lowest BCUT2D eigenvalue weighted by Crippen LogP contribution is -2.06. The molecule has 0 bridgehead atoms. The highest BCUT2D eigenvalue weighted by molar-refractivity contribution is 5.81. The Hall–Kier alpha value is -1.31. The summed E-state index contributed by atoms with van der Waals surface area (Å²) in [7, 11) is 0. The number of hydrogen-bond donors (Lipinski definition) is 0. The number of Topliss-reactive ketones (excluding diaryl/α,β-unsaturated/α-hetero) is 1. The van der Waals surface area contributed by atoms with Crippen LogP contribution in [-0.2, 0) is 11.2 Å². The SMILES string of the molecule is CCCC(=O)Cc1c(C)cc(OCC)cc1C. The van der Waals surface area contributed by atoms with E-state index < -0.39 is 0 Å². The van der Waals surface area contributed by atoms with Crippen LogP contribution in [0.25, 0.3) is 0 Å². The monoisotopic (exact) mass is 234 g/mol. The van der Waals surface area contributed by atoms with Gasteiger partial charge in [-0.05, 0) is 56.0 Å². The Morgan fingerprint density at radius 3 is 2.24 bits per heavy atom. The van der Waals surface area contributed by atoms with Crippen molar-refractivity contribution < 1.29 is 9.53 Å². The van der Waals surface area contributed by atoms with Gasteiger partial charge in [-0.2, -0.15) is 0 Å². The lowest BCUT2D eigenvalue weighted by atomic mass is 9.96. The predicted molar refractivity (Wildman–Crippen MR) is 70.7 cm³/mol. The molecular weight excluding hydrogens is 212 g/mol. The molecule has 1 rings (SSSR count). The van der Waals surface area contributed by atoms with E-state index in [1.54, 1.807) is 0 Å². The first-order valence-corrected chi connectivity index (χ1v) is 6.33. The van der Waals surface area contributed by atoms with Crippen LogP contribution in [0.2, 0.25) is 0 Å². The predicted octanol–water partition coefficient (Wildman–Crippen LogP) is 3.61. The topological polar surface area (TPSA) is 26.3 Å². The van der Waals surface area contributed by atoms with Gasteiger partial charge in [0, 0.05) is 12.8 Å². The summed E-state index contributed by atoms with van der Waals surface area (Å²) in [4.78, 5) is 11.7. The van der Waals surface area contributed by atoms with Gasteiger partial charge in [-0.25, -0.2) is 0 Å². The number of hydrogen-bond acceptors (Lipinski definition) is 2. The second-order valence-corrected chi connectivity index (χ2v) is 4.43. The van der Waals surface area contributed by atoms with Crippen LogP contribution < -0.4 is 4.74 Å². The zero-order valence-corrected chi connectivity index (χ0v) is 11.3. The van der Waals surface area contributed by atoms with E-state index in [-0.39, 0.29) is 0 Å². The Labute approximate surface area is 104 Å². The number of benzene rings is 1. The third-order valence-electron chi connectivity index (χ3n) is 2.88. The van der Waals surface area contributed by atoms with Crippen LogP contribution in [0.1, 0.15) is 43.4 Å². The molecule has 17 heavy (non-hydrogen) atoms. The average molecular weight is 234 g/mol. The average Bonchev–Trinajstić information content (AvgIpc) is 2.24. The summed E-state index contributed by atoms with van der Waals surface area (Å²) in [5, 5.41) is 0. The molecule has 0 heterocycles. The Morgan fingerprint density at radius 2 is 1.76 bits per heavy atom. The number of aryl methyl sites for hydroxylation is 2. The van der Waals surface area contributed by atoms with Crippen molar-refractivity contribution in [3.8, 4) is 5.75 Å². The smallest absolute Gasteiger partial charge is 0.137 e. The number of carbonyl (C=O) groups is 1. The van der Waals surface area contributed by atoms with Crippen LogP contribution in [0.15, 0.2) is 12.1 Å². The summed E-state index contributed by atoms with van der Waals surface area (Å²) < 4.78 is 5.49. The van der Waals surface area contributed by atoms with Gasteiger partial charge in [-0.1, -0.05) is 6.92 Å². The van der Waals surface area contributed by atoms with Crippen molar-refractivity contribution in [3.05, 3.63) is 28.8 Å². The molecule has 1 aromatic rings. The summed E-state index contributed by atoms with van der Waals surface area (Å²) in [6.07, 6.45) is 2.15. The van der Waals surface area contributed by atoms with Crippen molar-refractivity contribution in [2.75, 3.05) is 6.61 Å². The maximum absolute atomic E-state index is 11.7. The molecule has 0 atom stereocenters.